The minimum absolute atomic E-state index is 0.00202. The molecule has 2 aromatic heterocycles. The summed E-state index contributed by atoms with van der Waals surface area (Å²) in [7, 11) is 0. The van der Waals surface area contributed by atoms with E-state index in [1.165, 1.54) is 16.7 Å². The molecule has 5 atom stereocenters. The van der Waals surface area contributed by atoms with Crippen molar-refractivity contribution in [1.29, 1.82) is 0 Å². The molecular formula is C25H31ClN2O10. The highest BCUT2D eigenvalue weighted by molar-refractivity contribution is 6.32. The van der Waals surface area contributed by atoms with Gasteiger partial charge in [0, 0.05) is 24.7 Å². The van der Waals surface area contributed by atoms with Crippen molar-refractivity contribution in [3.8, 4) is 5.75 Å². The molecule has 13 heteroatoms. The van der Waals surface area contributed by atoms with E-state index in [0.29, 0.717) is 29.0 Å². The molecule has 0 fully saturated rings. The second kappa shape index (κ2) is 14.6. The fraction of sp³-hybridized carbons (Fsp3) is 0.440. The molecule has 1 aromatic carbocycles. The summed E-state index contributed by atoms with van der Waals surface area (Å²) in [6.45, 7) is 2.87. The molecule has 0 aliphatic rings. The number of pyridine rings is 1. The van der Waals surface area contributed by atoms with Crippen LogP contribution in [0.25, 0.3) is 11.1 Å². The van der Waals surface area contributed by atoms with Crippen molar-refractivity contribution in [3.63, 3.8) is 0 Å². The van der Waals surface area contributed by atoms with Crippen LogP contribution in [0.5, 0.6) is 5.75 Å². The number of aldehydes is 1. The van der Waals surface area contributed by atoms with Gasteiger partial charge >= 0.3 is 11.7 Å². The van der Waals surface area contributed by atoms with Gasteiger partial charge in [0.15, 0.2) is 5.58 Å². The lowest BCUT2D eigenvalue weighted by molar-refractivity contribution is -0.137. The van der Waals surface area contributed by atoms with Crippen LogP contribution >= 0.6 is 11.6 Å². The number of carboxylic acid groups (broad SMARTS) is 1. The van der Waals surface area contributed by atoms with Crippen LogP contribution < -0.4 is 10.5 Å². The summed E-state index contributed by atoms with van der Waals surface area (Å²) in [5.74, 6) is -2.00. The number of carbonyl (C=O) groups is 2. The zero-order valence-electron chi connectivity index (χ0n) is 20.8. The molecule has 208 valence electrons. The quantitative estimate of drug-likeness (QED) is 0.204. The summed E-state index contributed by atoms with van der Waals surface area (Å²) < 4.78 is 12.2. The maximum atomic E-state index is 11.9. The van der Waals surface area contributed by atoms with Crippen molar-refractivity contribution in [1.82, 2.24) is 9.55 Å². The summed E-state index contributed by atoms with van der Waals surface area (Å²) in [6.07, 6.45) is -2.20. The smallest absolute Gasteiger partial charge is 0.419 e. The molecule has 0 saturated heterocycles. The molecule has 0 saturated carbocycles. The summed E-state index contributed by atoms with van der Waals surface area (Å²) in [5, 5.41) is 45.0. The van der Waals surface area contributed by atoms with Gasteiger partial charge in [0.1, 0.15) is 30.3 Å². The summed E-state index contributed by atoms with van der Waals surface area (Å²) in [4.78, 5) is 37.3. The maximum Gasteiger partial charge on any atom is 0.419 e. The molecule has 0 radical (unpaired) electrons. The van der Waals surface area contributed by atoms with E-state index >= 15 is 0 Å². The minimum atomic E-state index is -1.49. The number of aliphatic carboxylic acids is 1. The van der Waals surface area contributed by atoms with E-state index in [4.69, 9.17) is 36.1 Å². The number of ether oxygens (including phenoxy) is 1. The number of hydrogen-bond acceptors (Lipinski definition) is 10. The van der Waals surface area contributed by atoms with Crippen LogP contribution in [0.15, 0.2) is 45.7 Å². The third kappa shape index (κ3) is 8.10. The first-order chi connectivity index (χ1) is 18.0. The van der Waals surface area contributed by atoms with E-state index in [9.17, 15) is 24.6 Å². The molecule has 0 spiro atoms. The van der Waals surface area contributed by atoms with E-state index in [0.717, 1.165) is 5.69 Å². The number of aryl methyl sites for hydroxylation is 1. The van der Waals surface area contributed by atoms with Gasteiger partial charge in [0.2, 0.25) is 0 Å². The summed E-state index contributed by atoms with van der Waals surface area (Å²) in [5.41, 5.74) is 1.44. The van der Waals surface area contributed by atoms with Gasteiger partial charge in [-0.15, -0.1) is 0 Å². The molecule has 0 bridgehead atoms. The Hall–Kier alpha value is -3.29. The van der Waals surface area contributed by atoms with Gasteiger partial charge in [-0.3, -0.25) is 14.3 Å². The first kappa shape index (κ1) is 30.9. The molecule has 0 aliphatic heterocycles. The zero-order chi connectivity index (χ0) is 28.4. The Bertz CT molecular complexity index is 1250. The van der Waals surface area contributed by atoms with Crippen molar-refractivity contribution in [2.75, 3.05) is 6.61 Å². The highest BCUT2D eigenvalue weighted by atomic mass is 35.5. The molecule has 3 rings (SSSR count). The SMILES string of the molecule is CC[C@@H](C=O)[C@@H](O)[C@H](O)[C@H](O)CO.C[C@@H](Oc1cc2oc(=O)n(CCC(=O)O)c2cc1Cl)c1ccccn1. The first-order valence-corrected chi connectivity index (χ1v) is 12.1. The number of rotatable bonds is 12. The average Bonchev–Trinajstić information content (AvgIpc) is 3.21. The Balaban J connectivity index is 0.000000332. The van der Waals surface area contributed by atoms with E-state index in [2.05, 4.69) is 4.98 Å². The van der Waals surface area contributed by atoms with Crippen molar-refractivity contribution < 1.29 is 44.3 Å². The van der Waals surface area contributed by atoms with E-state index < -0.39 is 42.6 Å². The highest BCUT2D eigenvalue weighted by Gasteiger charge is 2.29. The van der Waals surface area contributed by atoms with Crippen molar-refractivity contribution in [3.05, 3.63) is 57.8 Å². The van der Waals surface area contributed by atoms with Crippen LogP contribution in [-0.2, 0) is 16.1 Å². The fourth-order valence-electron chi connectivity index (χ4n) is 3.45. The van der Waals surface area contributed by atoms with Gasteiger partial charge in [-0.25, -0.2) is 4.79 Å². The number of carboxylic acids is 1. The topological polar surface area (TPSA) is 193 Å². The van der Waals surface area contributed by atoms with Crippen molar-refractivity contribution in [2.24, 2.45) is 5.92 Å². The average molecular weight is 555 g/mol. The number of fused-ring (bicyclic) bond motifs is 1. The van der Waals surface area contributed by atoms with Crippen LogP contribution in [0.3, 0.4) is 0 Å². The second-order valence-electron chi connectivity index (χ2n) is 8.37. The number of benzene rings is 1. The monoisotopic (exact) mass is 554 g/mol. The molecule has 12 nitrogen and oxygen atoms in total. The van der Waals surface area contributed by atoms with Crippen molar-refractivity contribution in [2.45, 2.75) is 57.6 Å². The molecule has 0 amide bonds. The number of aliphatic hydroxyl groups excluding tert-OH is 4. The van der Waals surface area contributed by atoms with Gasteiger partial charge in [-0.2, -0.15) is 0 Å². The lowest BCUT2D eigenvalue weighted by Gasteiger charge is -2.24. The van der Waals surface area contributed by atoms with E-state index in [-0.39, 0.29) is 24.7 Å². The van der Waals surface area contributed by atoms with Crippen LogP contribution in [0.1, 0.15) is 38.5 Å². The maximum absolute atomic E-state index is 11.9. The fourth-order valence-corrected chi connectivity index (χ4v) is 3.65. The lowest BCUT2D eigenvalue weighted by atomic mass is 9.94. The molecule has 5 N–H and O–H groups in total. The van der Waals surface area contributed by atoms with E-state index in [1.54, 1.807) is 13.1 Å². The number of oxazole rings is 1. The third-order valence-electron chi connectivity index (χ3n) is 5.70. The largest absolute Gasteiger partial charge is 0.483 e. The third-order valence-corrected chi connectivity index (χ3v) is 5.99. The number of hydrogen-bond donors (Lipinski definition) is 5. The second-order valence-corrected chi connectivity index (χ2v) is 8.77. The molecular weight excluding hydrogens is 524 g/mol. The molecule has 38 heavy (non-hydrogen) atoms. The van der Waals surface area contributed by atoms with Gasteiger partial charge in [-0.1, -0.05) is 24.6 Å². The molecule has 0 aliphatic carbocycles. The zero-order valence-corrected chi connectivity index (χ0v) is 21.6. The van der Waals surface area contributed by atoms with Crippen LogP contribution in [-0.4, -0.2) is 72.3 Å². The minimum Gasteiger partial charge on any atom is -0.483 e. The predicted molar refractivity (Wildman–Crippen MR) is 136 cm³/mol. The van der Waals surface area contributed by atoms with Crippen molar-refractivity contribution >= 4 is 35.0 Å². The number of nitrogens with zero attached hydrogens (tertiary/aromatic N) is 2. The molecule has 0 unspecified atom stereocenters. The Morgan fingerprint density at radius 3 is 2.50 bits per heavy atom. The number of carbonyl (C=O) groups excluding carboxylic acids is 1. The lowest BCUT2D eigenvalue weighted by Crippen LogP contribution is -2.43. The normalized spacial score (nSPS) is 15.0. The summed E-state index contributed by atoms with van der Waals surface area (Å²) >= 11 is 6.26. The number of halogens is 1. The number of aromatic nitrogens is 2. The highest BCUT2D eigenvalue weighted by Crippen LogP contribution is 2.32. The Labute approximate surface area is 222 Å². The Morgan fingerprint density at radius 1 is 1.24 bits per heavy atom. The van der Waals surface area contributed by atoms with Gasteiger partial charge < -0.3 is 39.5 Å². The van der Waals surface area contributed by atoms with Crippen LogP contribution in [0.2, 0.25) is 5.02 Å². The molecule has 3 aromatic rings. The Kier molecular flexibility index (Phi) is 11.9. The van der Waals surface area contributed by atoms with Crippen LogP contribution in [0, 0.1) is 5.92 Å². The van der Waals surface area contributed by atoms with E-state index in [1.807, 2.05) is 25.1 Å². The van der Waals surface area contributed by atoms with Gasteiger partial charge in [0.05, 0.1) is 35.4 Å². The van der Waals surface area contributed by atoms with Gasteiger partial charge in [-0.05, 0) is 31.5 Å². The standard InChI is InChI=1S/C17H15ClN2O5.C8H16O5/c1-10(12-4-2-3-6-19-12)24-14-9-15-13(8-11(14)18)20(17(23)25-15)7-5-16(21)22;1-2-5(3-9)7(12)8(13)6(11)4-10/h2-4,6,8-10H,5,7H2,1H3,(H,21,22);3,5-8,10-13H,2,4H2,1H3/t10-;5-,6+,7+,8+/m10/s1. The summed E-state index contributed by atoms with van der Waals surface area (Å²) in [6, 6.07) is 8.55. The predicted octanol–water partition coefficient (Wildman–Crippen LogP) is 1.54. The van der Waals surface area contributed by atoms with Crippen LogP contribution in [0.4, 0.5) is 0 Å². The number of aliphatic hydroxyl groups is 4. The van der Waals surface area contributed by atoms with Gasteiger partial charge in [0.25, 0.3) is 0 Å². The first-order valence-electron chi connectivity index (χ1n) is 11.8. The molecule has 2 heterocycles. The Morgan fingerprint density at radius 2 is 1.95 bits per heavy atom.